The molecule has 106 valence electrons. The zero-order valence-corrected chi connectivity index (χ0v) is 11.6. The van der Waals surface area contributed by atoms with Gasteiger partial charge in [0.25, 0.3) is 5.91 Å². The standard InChI is InChI=1S/C12H22N6O/c1-9(2)3-4-17-5-7-18(8-6-17)11(19)10-14-12(13)16-15-10/h9H,3-8H2,1-2H3,(H3,13,14,15,16). The van der Waals surface area contributed by atoms with Gasteiger partial charge in [-0.05, 0) is 18.9 Å². The molecule has 0 atom stereocenters. The number of hydrogen-bond donors (Lipinski definition) is 2. The van der Waals surface area contributed by atoms with Crippen molar-refractivity contribution in [3.8, 4) is 0 Å². The summed E-state index contributed by atoms with van der Waals surface area (Å²) in [5.41, 5.74) is 5.40. The lowest BCUT2D eigenvalue weighted by Crippen LogP contribution is -2.49. The molecule has 1 saturated heterocycles. The number of nitrogens with zero attached hydrogens (tertiary/aromatic N) is 4. The highest BCUT2D eigenvalue weighted by Crippen LogP contribution is 2.08. The smallest absolute Gasteiger partial charge is 0.291 e. The number of aromatic amines is 1. The van der Waals surface area contributed by atoms with E-state index in [2.05, 4.69) is 33.9 Å². The van der Waals surface area contributed by atoms with Gasteiger partial charge in [0, 0.05) is 26.2 Å². The highest BCUT2D eigenvalue weighted by molar-refractivity contribution is 5.90. The molecule has 0 bridgehead atoms. The number of H-pyrrole nitrogens is 1. The van der Waals surface area contributed by atoms with Crippen molar-refractivity contribution in [3.05, 3.63) is 5.82 Å². The van der Waals surface area contributed by atoms with Gasteiger partial charge < -0.3 is 10.6 Å². The number of anilines is 1. The number of carbonyl (C=O) groups excluding carboxylic acids is 1. The zero-order valence-electron chi connectivity index (χ0n) is 11.6. The molecular formula is C12H22N6O. The predicted octanol–water partition coefficient (Wildman–Crippen LogP) is 0.191. The van der Waals surface area contributed by atoms with Crippen molar-refractivity contribution >= 4 is 11.9 Å². The normalized spacial score (nSPS) is 17.1. The monoisotopic (exact) mass is 266 g/mol. The average molecular weight is 266 g/mol. The lowest BCUT2D eigenvalue weighted by molar-refractivity contribution is 0.0620. The Morgan fingerprint density at radius 2 is 2.05 bits per heavy atom. The van der Waals surface area contributed by atoms with Crippen LogP contribution in [-0.4, -0.2) is 63.6 Å². The van der Waals surface area contributed by atoms with Crippen LogP contribution in [0.3, 0.4) is 0 Å². The highest BCUT2D eigenvalue weighted by atomic mass is 16.2. The first-order valence-corrected chi connectivity index (χ1v) is 6.75. The van der Waals surface area contributed by atoms with Crippen LogP contribution in [0.15, 0.2) is 0 Å². The molecule has 1 aliphatic heterocycles. The van der Waals surface area contributed by atoms with Crippen LogP contribution in [0.25, 0.3) is 0 Å². The maximum Gasteiger partial charge on any atom is 0.291 e. The molecule has 3 N–H and O–H groups in total. The van der Waals surface area contributed by atoms with E-state index in [0.717, 1.165) is 38.6 Å². The molecule has 1 aromatic heterocycles. The quantitative estimate of drug-likeness (QED) is 0.812. The zero-order chi connectivity index (χ0) is 13.8. The topological polar surface area (TPSA) is 91.1 Å². The molecule has 19 heavy (non-hydrogen) atoms. The lowest BCUT2D eigenvalue weighted by Gasteiger charge is -2.34. The number of nitrogens with two attached hydrogens (primary N) is 1. The Labute approximate surface area is 113 Å². The summed E-state index contributed by atoms with van der Waals surface area (Å²) in [6.45, 7) is 8.87. The summed E-state index contributed by atoms with van der Waals surface area (Å²) >= 11 is 0. The summed E-state index contributed by atoms with van der Waals surface area (Å²) in [6.07, 6.45) is 1.20. The Morgan fingerprint density at radius 1 is 1.37 bits per heavy atom. The van der Waals surface area contributed by atoms with E-state index >= 15 is 0 Å². The van der Waals surface area contributed by atoms with Crippen LogP contribution in [0.5, 0.6) is 0 Å². The van der Waals surface area contributed by atoms with Gasteiger partial charge in [0.2, 0.25) is 11.8 Å². The number of rotatable bonds is 4. The molecule has 0 saturated carbocycles. The van der Waals surface area contributed by atoms with Gasteiger partial charge in [0.05, 0.1) is 0 Å². The average Bonchev–Trinajstić information content (AvgIpc) is 2.83. The largest absolute Gasteiger partial charge is 0.366 e. The van der Waals surface area contributed by atoms with Gasteiger partial charge in [-0.2, -0.15) is 4.98 Å². The van der Waals surface area contributed by atoms with E-state index in [4.69, 9.17) is 5.73 Å². The molecule has 1 aliphatic rings. The van der Waals surface area contributed by atoms with Crippen molar-refractivity contribution in [2.45, 2.75) is 20.3 Å². The number of amides is 1. The molecule has 0 aliphatic carbocycles. The van der Waals surface area contributed by atoms with Gasteiger partial charge in [0.15, 0.2) is 0 Å². The molecule has 2 heterocycles. The van der Waals surface area contributed by atoms with Crippen LogP contribution in [0, 0.1) is 5.92 Å². The fourth-order valence-corrected chi connectivity index (χ4v) is 2.14. The second-order valence-electron chi connectivity index (χ2n) is 5.36. The minimum Gasteiger partial charge on any atom is -0.366 e. The predicted molar refractivity (Wildman–Crippen MR) is 72.6 cm³/mol. The second-order valence-corrected chi connectivity index (χ2v) is 5.36. The van der Waals surface area contributed by atoms with E-state index < -0.39 is 0 Å². The number of carbonyl (C=O) groups is 1. The lowest BCUT2D eigenvalue weighted by atomic mass is 10.1. The van der Waals surface area contributed by atoms with Crippen LogP contribution in [0.4, 0.5) is 5.95 Å². The molecule has 1 aromatic rings. The summed E-state index contributed by atoms with van der Waals surface area (Å²) in [6, 6.07) is 0. The molecule has 2 rings (SSSR count). The van der Waals surface area contributed by atoms with Crippen LogP contribution in [0.1, 0.15) is 30.9 Å². The number of nitrogen functional groups attached to an aromatic ring is 1. The molecule has 0 unspecified atom stereocenters. The van der Waals surface area contributed by atoms with Gasteiger partial charge in [0.1, 0.15) is 0 Å². The molecular weight excluding hydrogens is 244 g/mol. The molecule has 1 fully saturated rings. The summed E-state index contributed by atoms with van der Waals surface area (Å²) < 4.78 is 0. The first kappa shape index (κ1) is 13.8. The highest BCUT2D eigenvalue weighted by Gasteiger charge is 2.24. The molecule has 0 aromatic carbocycles. The van der Waals surface area contributed by atoms with Gasteiger partial charge >= 0.3 is 0 Å². The van der Waals surface area contributed by atoms with Gasteiger partial charge in [-0.3, -0.25) is 14.8 Å². The third kappa shape index (κ3) is 3.66. The van der Waals surface area contributed by atoms with Crippen LogP contribution in [0.2, 0.25) is 0 Å². The van der Waals surface area contributed by atoms with E-state index in [1.165, 1.54) is 6.42 Å². The first-order valence-electron chi connectivity index (χ1n) is 6.75. The summed E-state index contributed by atoms with van der Waals surface area (Å²) in [7, 11) is 0. The Balaban J connectivity index is 1.81. The number of nitrogens with one attached hydrogen (secondary N) is 1. The summed E-state index contributed by atoms with van der Waals surface area (Å²) in [4.78, 5) is 20.2. The molecule has 1 amide bonds. The Kier molecular flexibility index (Phi) is 4.36. The van der Waals surface area contributed by atoms with Crippen LogP contribution >= 0.6 is 0 Å². The third-order valence-corrected chi connectivity index (χ3v) is 3.39. The van der Waals surface area contributed by atoms with E-state index in [1.807, 2.05) is 0 Å². The van der Waals surface area contributed by atoms with E-state index in [0.29, 0.717) is 0 Å². The Morgan fingerprint density at radius 3 is 2.58 bits per heavy atom. The van der Waals surface area contributed by atoms with Crippen molar-refractivity contribution in [1.29, 1.82) is 0 Å². The molecule has 7 nitrogen and oxygen atoms in total. The van der Waals surface area contributed by atoms with Crippen molar-refractivity contribution < 1.29 is 4.79 Å². The Hall–Kier alpha value is -1.63. The van der Waals surface area contributed by atoms with Crippen molar-refractivity contribution in [2.24, 2.45) is 5.92 Å². The molecule has 0 spiro atoms. The van der Waals surface area contributed by atoms with Gasteiger partial charge in [-0.25, -0.2) is 0 Å². The number of piperazine rings is 1. The van der Waals surface area contributed by atoms with Crippen LogP contribution in [-0.2, 0) is 0 Å². The van der Waals surface area contributed by atoms with E-state index in [9.17, 15) is 4.79 Å². The Bertz CT molecular complexity index is 422. The summed E-state index contributed by atoms with van der Waals surface area (Å²) in [5, 5.41) is 6.24. The van der Waals surface area contributed by atoms with Crippen molar-refractivity contribution in [1.82, 2.24) is 25.0 Å². The van der Waals surface area contributed by atoms with Gasteiger partial charge in [-0.1, -0.05) is 13.8 Å². The first-order chi connectivity index (χ1) is 9.06. The van der Waals surface area contributed by atoms with Crippen molar-refractivity contribution in [3.63, 3.8) is 0 Å². The minimum absolute atomic E-state index is 0.110. The maximum atomic E-state index is 12.1. The summed E-state index contributed by atoms with van der Waals surface area (Å²) in [5.74, 6) is 0.941. The number of aromatic nitrogens is 3. The third-order valence-electron chi connectivity index (χ3n) is 3.39. The number of hydrogen-bond acceptors (Lipinski definition) is 5. The molecule has 7 heteroatoms. The molecule has 0 radical (unpaired) electrons. The van der Waals surface area contributed by atoms with Gasteiger partial charge in [-0.15, -0.1) is 5.10 Å². The van der Waals surface area contributed by atoms with Crippen LogP contribution < -0.4 is 5.73 Å². The van der Waals surface area contributed by atoms with Crippen molar-refractivity contribution in [2.75, 3.05) is 38.5 Å². The fraction of sp³-hybridized carbons (Fsp3) is 0.750. The fourth-order valence-electron chi connectivity index (χ4n) is 2.14. The van der Waals surface area contributed by atoms with E-state index in [-0.39, 0.29) is 17.7 Å². The second kappa shape index (κ2) is 6.01. The maximum absolute atomic E-state index is 12.1. The minimum atomic E-state index is -0.118. The van der Waals surface area contributed by atoms with E-state index in [1.54, 1.807) is 4.90 Å². The SMILES string of the molecule is CC(C)CCN1CCN(C(=O)c2nc(N)n[nH]2)CC1.